The predicted molar refractivity (Wildman–Crippen MR) is 126 cm³/mol. The zero-order chi connectivity index (χ0) is 25.1. The highest BCUT2D eigenvalue weighted by Crippen LogP contribution is 2.36. The zero-order valence-corrected chi connectivity index (χ0v) is 19.6. The molecule has 5 unspecified atom stereocenters. The standard InChI is InChI=1S/C25H28ClNO8/c26-18-6-5-15(25-24(33)23(32)22(31)20(13-28)35-25)10-16(18)9-14-3-1-2-4-17(14)19-11-27(7-8-34-19)12-21(29)30/h1,3,5-8,10-11,20,22-25,28,31-33H,2,4,9,12-13H2,(H,29,30). The average molecular weight is 506 g/mol. The largest absolute Gasteiger partial charge is 0.480 e. The summed E-state index contributed by atoms with van der Waals surface area (Å²) < 4.78 is 11.4. The maximum atomic E-state index is 11.1. The van der Waals surface area contributed by atoms with E-state index in [-0.39, 0.29) is 6.54 Å². The summed E-state index contributed by atoms with van der Waals surface area (Å²) in [4.78, 5) is 12.6. The molecule has 9 nitrogen and oxygen atoms in total. The van der Waals surface area contributed by atoms with Crippen molar-refractivity contribution in [1.29, 1.82) is 0 Å². The van der Waals surface area contributed by atoms with Gasteiger partial charge < -0.3 is 39.9 Å². The van der Waals surface area contributed by atoms with Crippen molar-refractivity contribution in [3.05, 3.63) is 82.1 Å². The monoisotopic (exact) mass is 505 g/mol. The van der Waals surface area contributed by atoms with Crippen molar-refractivity contribution >= 4 is 17.6 Å². The van der Waals surface area contributed by atoms with E-state index in [4.69, 9.17) is 26.2 Å². The van der Waals surface area contributed by atoms with Gasteiger partial charge in [-0.1, -0.05) is 35.9 Å². The molecule has 1 aromatic rings. The van der Waals surface area contributed by atoms with Crippen LogP contribution in [0.1, 0.15) is 30.1 Å². The van der Waals surface area contributed by atoms with Gasteiger partial charge in [-0.25, -0.2) is 0 Å². The summed E-state index contributed by atoms with van der Waals surface area (Å²) in [6.07, 6.45) is 4.37. The van der Waals surface area contributed by atoms with Gasteiger partial charge in [0, 0.05) is 23.0 Å². The first-order chi connectivity index (χ1) is 16.8. The number of benzene rings is 1. The number of aliphatic carboxylic acids is 1. The molecule has 0 bridgehead atoms. The second kappa shape index (κ2) is 10.9. The lowest BCUT2D eigenvalue weighted by Gasteiger charge is -2.40. The van der Waals surface area contributed by atoms with Gasteiger partial charge >= 0.3 is 5.97 Å². The third-order valence-electron chi connectivity index (χ3n) is 6.28. The maximum Gasteiger partial charge on any atom is 0.323 e. The van der Waals surface area contributed by atoms with Crippen molar-refractivity contribution < 1.29 is 39.8 Å². The van der Waals surface area contributed by atoms with E-state index in [1.165, 1.54) is 11.2 Å². The molecule has 0 saturated carbocycles. The minimum atomic E-state index is -1.47. The first-order valence-corrected chi connectivity index (χ1v) is 11.7. The fourth-order valence-corrected chi connectivity index (χ4v) is 4.64. The highest BCUT2D eigenvalue weighted by molar-refractivity contribution is 6.31. The van der Waals surface area contributed by atoms with Crippen LogP contribution in [0.25, 0.3) is 0 Å². The van der Waals surface area contributed by atoms with E-state index in [0.717, 1.165) is 23.1 Å². The van der Waals surface area contributed by atoms with Gasteiger partial charge in [0.25, 0.3) is 0 Å². The van der Waals surface area contributed by atoms with E-state index < -0.39 is 43.1 Å². The fraction of sp³-hybridized carbons (Fsp3) is 0.400. The Kier molecular flexibility index (Phi) is 7.95. The summed E-state index contributed by atoms with van der Waals surface area (Å²) in [6, 6.07) is 5.12. The molecule has 3 aliphatic rings. The van der Waals surface area contributed by atoms with Gasteiger partial charge in [0.15, 0.2) is 0 Å². The summed E-state index contributed by atoms with van der Waals surface area (Å²) in [5.41, 5.74) is 3.17. The summed E-state index contributed by atoms with van der Waals surface area (Å²) in [5, 5.41) is 49.8. The number of rotatable bonds is 7. The summed E-state index contributed by atoms with van der Waals surface area (Å²) in [6.45, 7) is -0.694. The second-order valence-corrected chi connectivity index (χ2v) is 9.09. The number of hydrogen-bond donors (Lipinski definition) is 5. The Morgan fingerprint density at radius 1 is 1.17 bits per heavy atom. The zero-order valence-electron chi connectivity index (χ0n) is 18.8. The third kappa shape index (κ3) is 5.61. The van der Waals surface area contributed by atoms with Crippen LogP contribution < -0.4 is 0 Å². The van der Waals surface area contributed by atoms with Gasteiger partial charge in [-0.15, -0.1) is 0 Å². The van der Waals surface area contributed by atoms with Gasteiger partial charge in [-0.3, -0.25) is 4.79 Å². The molecular formula is C25H28ClNO8. The normalized spacial score (nSPS) is 28.7. The molecule has 1 saturated heterocycles. The first kappa shape index (κ1) is 25.4. The molecule has 4 rings (SSSR count). The molecule has 0 amide bonds. The van der Waals surface area contributed by atoms with Gasteiger partial charge in [-0.05, 0) is 42.0 Å². The van der Waals surface area contributed by atoms with E-state index in [1.807, 2.05) is 12.2 Å². The Morgan fingerprint density at radius 2 is 1.97 bits per heavy atom. The molecule has 5 N–H and O–H groups in total. The van der Waals surface area contributed by atoms with Crippen molar-refractivity contribution in [1.82, 2.24) is 4.90 Å². The van der Waals surface area contributed by atoms with Crippen molar-refractivity contribution in [2.24, 2.45) is 0 Å². The highest BCUT2D eigenvalue weighted by atomic mass is 35.5. The quantitative estimate of drug-likeness (QED) is 0.375. The molecule has 5 atom stereocenters. The molecule has 0 radical (unpaired) electrons. The number of aliphatic hydroxyl groups excluding tert-OH is 4. The minimum absolute atomic E-state index is 0.186. The number of allylic oxidation sites excluding steroid dienone is 4. The van der Waals surface area contributed by atoms with Crippen LogP contribution >= 0.6 is 11.6 Å². The molecule has 1 fully saturated rings. The van der Waals surface area contributed by atoms with Crippen LogP contribution in [0.2, 0.25) is 5.02 Å². The topological polar surface area (TPSA) is 140 Å². The van der Waals surface area contributed by atoms with Gasteiger partial charge in [0.1, 0.15) is 49.1 Å². The number of carbonyl (C=O) groups is 1. The number of aliphatic hydroxyl groups is 4. The van der Waals surface area contributed by atoms with Crippen LogP contribution in [-0.4, -0.2) is 74.0 Å². The summed E-state index contributed by atoms with van der Waals surface area (Å²) in [5.74, 6) is -0.393. The molecule has 0 spiro atoms. The van der Waals surface area contributed by atoms with Crippen molar-refractivity contribution in [3.8, 4) is 0 Å². The SMILES string of the molecule is O=C(O)CN1C=COC(C2=C(Cc3cc(C4OC(CO)C(O)C(O)C4O)ccc3Cl)C=CCC2)=C1. The van der Waals surface area contributed by atoms with Crippen LogP contribution in [0, 0.1) is 0 Å². The van der Waals surface area contributed by atoms with E-state index in [0.29, 0.717) is 29.2 Å². The molecule has 2 heterocycles. The number of ether oxygens (including phenoxy) is 2. The maximum absolute atomic E-state index is 11.1. The Labute approximate surface area is 207 Å². The summed E-state index contributed by atoms with van der Waals surface area (Å²) >= 11 is 6.50. The lowest BCUT2D eigenvalue weighted by Crippen LogP contribution is -2.55. The molecule has 2 aliphatic heterocycles. The Balaban J connectivity index is 1.62. The number of carboxylic acids is 1. The van der Waals surface area contributed by atoms with Gasteiger partial charge in [0.2, 0.25) is 0 Å². The number of carboxylic acid groups (broad SMARTS) is 1. The lowest BCUT2D eigenvalue weighted by atomic mass is 9.88. The lowest BCUT2D eigenvalue weighted by molar-refractivity contribution is -0.231. The van der Waals surface area contributed by atoms with Crippen LogP contribution in [0.15, 0.2) is 65.9 Å². The molecule has 1 aliphatic carbocycles. The van der Waals surface area contributed by atoms with Crippen LogP contribution in [0.5, 0.6) is 0 Å². The van der Waals surface area contributed by atoms with E-state index in [9.17, 15) is 25.2 Å². The number of nitrogens with zero attached hydrogens (tertiary/aromatic N) is 1. The smallest absolute Gasteiger partial charge is 0.323 e. The van der Waals surface area contributed by atoms with Crippen LogP contribution in [-0.2, 0) is 20.7 Å². The molecule has 1 aromatic carbocycles. The average Bonchev–Trinajstić information content (AvgIpc) is 2.84. The fourth-order valence-electron chi connectivity index (χ4n) is 4.46. The molecule has 35 heavy (non-hydrogen) atoms. The third-order valence-corrected chi connectivity index (χ3v) is 6.65. The van der Waals surface area contributed by atoms with Crippen LogP contribution in [0.4, 0.5) is 0 Å². The Hall–Kier alpha value is -2.66. The number of hydrogen-bond acceptors (Lipinski definition) is 8. The molecular weight excluding hydrogens is 478 g/mol. The first-order valence-electron chi connectivity index (χ1n) is 11.3. The summed E-state index contributed by atoms with van der Waals surface area (Å²) in [7, 11) is 0. The molecule has 10 heteroatoms. The van der Waals surface area contributed by atoms with Gasteiger partial charge in [0.05, 0.1) is 6.61 Å². The predicted octanol–water partition coefficient (Wildman–Crippen LogP) is 1.77. The Morgan fingerprint density at radius 3 is 2.71 bits per heavy atom. The van der Waals surface area contributed by atoms with E-state index in [2.05, 4.69) is 0 Å². The second-order valence-electron chi connectivity index (χ2n) is 8.68. The van der Waals surface area contributed by atoms with Crippen molar-refractivity contribution in [2.45, 2.75) is 49.8 Å². The van der Waals surface area contributed by atoms with E-state index >= 15 is 0 Å². The number of halogens is 1. The molecule has 188 valence electrons. The minimum Gasteiger partial charge on any atom is -0.480 e. The van der Waals surface area contributed by atoms with Crippen molar-refractivity contribution in [3.63, 3.8) is 0 Å². The van der Waals surface area contributed by atoms with Crippen LogP contribution in [0.3, 0.4) is 0 Å². The molecule has 0 aromatic heterocycles. The van der Waals surface area contributed by atoms with Gasteiger partial charge in [-0.2, -0.15) is 0 Å². The van der Waals surface area contributed by atoms with E-state index in [1.54, 1.807) is 30.6 Å². The Bertz CT molecular complexity index is 1080. The van der Waals surface area contributed by atoms with Crippen molar-refractivity contribution in [2.75, 3.05) is 13.2 Å². The highest BCUT2D eigenvalue weighted by Gasteiger charge is 2.44.